The summed E-state index contributed by atoms with van der Waals surface area (Å²) in [6.07, 6.45) is 0.555. The van der Waals surface area contributed by atoms with Crippen LogP contribution in [0, 0.1) is 0 Å². The Bertz CT molecular complexity index is 379. The van der Waals surface area contributed by atoms with Crippen LogP contribution in [0.15, 0.2) is 24.3 Å². The predicted molar refractivity (Wildman–Crippen MR) is 73.7 cm³/mol. The van der Waals surface area contributed by atoms with Crippen LogP contribution in [0.25, 0.3) is 0 Å². The Labute approximate surface area is 114 Å². The molecule has 1 aromatic rings. The van der Waals surface area contributed by atoms with E-state index in [-0.39, 0.29) is 18.7 Å². The van der Waals surface area contributed by atoms with E-state index in [4.69, 9.17) is 9.84 Å². The van der Waals surface area contributed by atoms with Crippen LogP contribution >= 0.6 is 0 Å². The number of aliphatic hydroxyl groups is 1. The number of ether oxygens (including phenoxy) is 1. The summed E-state index contributed by atoms with van der Waals surface area (Å²) in [6.45, 7) is 3.00. The normalized spacial score (nSPS) is 11.9. The highest BCUT2D eigenvalue weighted by Crippen LogP contribution is 2.05. The van der Waals surface area contributed by atoms with Crippen LogP contribution in [-0.4, -0.2) is 30.9 Å². The largest absolute Gasteiger partial charge is 0.396 e. The van der Waals surface area contributed by atoms with Gasteiger partial charge in [0.2, 0.25) is 0 Å². The Kier molecular flexibility index (Phi) is 6.92. The Balaban J connectivity index is 2.33. The molecule has 0 bridgehead atoms. The quantitative estimate of drug-likeness (QED) is 0.698. The minimum absolute atomic E-state index is 0.0333. The average molecular weight is 266 g/mol. The molecule has 1 atom stereocenters. The molecule has 0 aliphatic carbocycles. The van der Waals surface area contributed by atoms with Crippen molar-refractivity contribution in [3.05, 3.63) is 35.4 Å². The van der Waals surface area contributed by atoms with Gasteiger partial charge >= 0.3 is 6.03 Å². The fraction of sp³-hybridized carbons (Fsp3) is 0.500. The molecule has 0 saturated carbocycles. The summed E-state index contributed by atoms with van der Waals surface area (Å²) in [6, 6.07) is 7.63. The van der Waals surface area contributed by atoms with Crippen LogP contribution in [0.2, 0.25) is 0 Å². The lowest BCUT2D eigenvalue weighted by Crippen LogP contribution is -2.40. The lowest BCUT2D eigenvalue weighted by molar-refractivity contribution is 0.185. The van der Waals surface area contributed by atoms with E-state index in [1.54, 1.807) is 7.11 Å². The first-order chi connectivity index (χ1) is 9.15. The number of hydrogen-bond donors (Lipinski definition) is 3. The summed E-state index contributed by atoms with van der Waals surface area (Å²) in [7, 11) is 1.66. The SMILES string of the molecule is COCc1ccc(CNC(=O)N[C@H](C)CCO)cc1. The van der Waals surface area contributed by atoms with Gasteiger partial charge in [0.1, 0.15) is 0 Å². The minimum atomic E-state index is -0.220. The van der Waals surface area contributed by atoms with E-state index in [0.717, 1.165) is 11.1 Å². The van der Waals surface area contributed by atoms with Crippen molar-refractivity contribution in [1.82, 2.24) is 10.6 Å². The Morgan fingerprint density at radius 3 is 2.53 bits per heavy atom. The molecule has 0 radical (unpaired) electrons. The van der Waals surface area contributed by atoms with Crippen molar-refractivity contribution in [1.29, 1.82) is 0 Å². The second-order valence-electron chi connectivity index (χ2n) is 4.49. The molecule has 0 heterocycles. The molecule has 0 fully saturated rings. The van der Waals surface area contributed by atoms with Gasteiger partial charge in [0.05, 0.1) is 6.61 Å². The summed E-state index contributed by atoms with van der Waals surface area (Å²) in [4.78, 5) is 11.5. The maximum atomic E-state index is 11.5. The highest BCUT2D eigenvalue weighted by atomic mass is 16.5. The van der Waals surface area contributed by atoms with E-state index >= 15 is 0 Å². The molecule has 3 N–H and O–H groups in total. The fourth-order valence-corrected chi connectivity index (χ4v) is 1.64. The van der Waals surface area contributed by atoms with Crippen molar-refractivity contribution in [2.75, 3.05) is 13.7 Å². The third kappa shape index (κ3) is 6.22. The summed E-state index contributed by atoms with van der Waals surface area (Å²) in [5.74, 6) is 0. The Morgan fingerprint density at radius 1 is 1.32 bits per heavy atom. The number of hydrogen-bond acceptors (Lipinski definition) is 3. The molecule has 0 unspecified atom stereocenters. The van der Waals surface area contributed by atoms with Crippen LogP contribution in [0.4, 0.5) is 4.79 Å². The van der Waals surface area contributed by atoms with Crippen LogP contribution < -0.4 is 10.6 Å². The number of amides is 2. The number of benzene rings is 1. The van der Waals surface area contributed by atoms with E-state index in [9.17, 15) is 4.79 Å². The van der Waals surface area contributed by atoms with E-state index < -0.39 is 0 Å². The Morgan fingerprint density at radius 2 is 1.95 bits per heavy atom. The van der Waals surface area contributed by atoms with Gasteiger partial charge in [0, 0.05) is 26.3 Å². The van der Waals surface area contributed by atoms with Gasteiger partial charge in [-0.25, -0.2) is 4.79 Å². The average Bonchev–Trinajstić information content (AvgIpc) is 2.38. The van der Waals surface area contributed by atoms with E-state index in [1.807, 2.05) is 31.2 Å². The van der Waals surface area contributed by atoms with Gasteiger partial charge in [-0.15, -0.1) is 0 Å². The molecule has 0 saturated heterocycles. The molecule has 0 aliphatic rings. The molecule has 106 valence electrons. The highest BCUT2D eigenvalue weighted by Gasteiger charge is 2.05. The topological polar surface area (TPSA) is 70.6 Å². The van der Waals surface area contributed by atoms with Crippen molar-refractivity contribution in [2.45, 2.75) is 32.5 Å². The van der Waals surface area contributed by atoms with Crippen molar-refractivity contribution in [3.8, 4) is 0 Å². The number of methoxy groups -OCH3 is 1. The van der Waals surface area contributed by atoms with E-state index in [0.29, 0.717) is 19.6 Å². The first kappa shape index (κ1) is 15.5. The highest BCUT2D eigenvalue weighted by molar-refractivity contribution is 5.74. The van der Waals surface area contributed by atoms with Gasteiger partial charge in [-0.1, -0.05) is 24.3 Å². The van der Waals surface area contributed by atoms with Crippen molar-refractivity contribution < 1.29 is 14.6 Å². The lowest BCUT2D eigenvalue weighted by atomic mass is 10.1. The van der Waals surface area contributed by atoms with Gasteiger partial charge in [0.25, 0.3) is 0 Å². The van der Waals surface area contributed by atoms with Gasteiger partial charge in [0.15, 0.2) is 0 Å². The molecular weight excluding hydrogens is 244 g/mol. The third-order valence-corrected chi connectivity index (χ3v) is 2.73. The third-order valence-electron chi connectivity index (χ3n) is 2.73. The zero-order chi connectivity index (χ0) is 14.1. The number of urea groups is 1. The summed E-state index contributed by atoms with van der Waals surface area (Å²) in [5.41, 5.74) is 2.14. The first-order valence-corrected chi connectivity index (χ1v) is 6.37. The fourth-order valence-electron chi connectivity index (χ4n) is 1.64. The van der Waals surface area contributed by atoms with Crippen LogP contribution in [0.3, 0.4) is 0 Å². The molecular formula is C14H22N2O3. The van der Waals surface area contributed by atoms with Gasteiger partial charge in [-0.2, -0.15) is 0 Å². The number of carbonyl (C=O) groups is 1. The second kappa shape index (κ2) is 8.50. The maximum Gasteiger partial charge on any atom is 0.315 e. The minimum Gasteiger partial charge on any atom is -0.396 e. The number of aliphatic hydroxyl groups excluding tert-OH is 1. The van der Waals surface area contributed by atoms with E-state index in [1.165, 1.54) is 0 Å². The Hall–Kier alpha value is -1.59. The molecule has 5 heteroatoms. The van der Waals surface area contributed by atoms with E-state index in [2.05, 4.69) is 10.6 Å². The molecule has 19 heavy (non-hydrogen) atoms. The zero-order valence-corrected chi connectivity index (χ0v) is 11.5. The molecule has 1 rings (SSSR count). The van der Waals surface area contributed by atoms with Gasteiger partial charge in [-0.05, 0) is 24.5 Å². The van der Waals surface area contributed by atoms with Crippen LogP contribution in [0.5, 0.6) is 0 Å². The van der Waals surface area contributed by atoms with Crippen LogP contribution in [-0.2, 0) is 17.9 Å². The lowest BCUT2D eigenvalue weighted by Gasteiger charge is -2.13. The molecule has 0 aromatic heterocycles. The van der Waals surface area contributed by atoms with Crippen LogP contribution in [0.1, 0.15) is 24.5 Å². The summed E-state index contributed by atoms with van der Waals surface area (Å²) < 4.78 is 5.03. The standard InChI is InChI=1S/C14H22N2O3/c1-11(7-8-17)16-14(18)15-9-12-3-5-13(6-4-12)10-19-2/h3-6,11,17H,7-10H2,1-2H3,(H2,15,16,18)/t11-/m1/s1. The molecule has 0 spiro atoms. The monoisotopic (exact) mass is 266 g/mol. The van der Waals surface area contributed by atoms with Gasteiger partial charge in [-0.3, -0.25) is 0 Å². The molecule has 5 nitrogen and oxygen atoms in total. The summed E-state index contributed by atoms with van der Waals surface area (Å²) >= 11 is 0. The second-order valence-corrected chi connectivity index (χ2v) is 4.49. The van der Waals surface area contributed by atoms with Gasteiger partial charge < -0.3 is 20.5 Å². The maximum absolute atomic E-state index is 11.5. The van der Waals surface area contributed by atoms with Crippen molar-refractivity contribution in [3.63, 3.8) is 0 Å². The van der Waals surface area contributed by atoms with Crippen molar-refractivity contribution in [2.24, 2.45) is 0 Å². The first-order valence-electron chi connectivity index (χ1n) is 6.37. The zero-order valence-electron chi connectivity index (χ0n) is 11.5. The number of nitrogens with one attached hydrogen (secondary N) is 2. The summed E-state index contributed by atoms with van der Waals surface area (Å²) in [5, 5.41) is 14.3. The number of carbonyl (C=O) groups excluding carboxylic acids is 1. The molecule has 2 amide bonds. The molecule has 0 aliphatic heterocycles. The van der Waals surface area contributed by atoms with Crippen molar-refractivity contribution >= 4 is 6.03 Å². The smallest absolute Gasteiger partial charge is 0.315 e. The number of rotatable bonds is 7. The molecule has 1 aromatic carbocycles. The predicted octanol–water partition coefficient (Wildman–Crippen LogP) is 1.40.